The van der Waals surface area contributed by atoms with Crippen molar-refractivity contribution in [1.29, 1.82) is 0 Å². The van der Waals surface area contributed by atoms with Gasteiger partial charge in [0.1, 0.15) is 0 Å². The van der Waals surface area contributed by atoms with Crippen molar-refractivity contribution in [3.05, 3.63) is 0 Å². The predicted octanol–water partition coefficient (Wildman–Crippen LogP) is 3.96. The van der Waals surface area contributed by atoms with Crippen LogP contribution in [0, 0.1) is 28.6 Å². The van der Waals surface area contributed by atoms with E-state index in [-0.39, 0.29) is 5.41 Å². The van der Waals surface area contributed by atoms with Crippen molar-refractivity contribution >= 4 is 0 Å². The molecule has 2 heteroatoms. The van der Waals surface area contributed by atoms with Crippen LogP contribution < -0.4 is 5.73 Å². The average Bonchev–Trinajstić information content (AvgIpc) is 2.33. The number of hydrogen-bond acceptors (Lipinski definition) is 2. The monoisotopic (exact) mass is 281 g/mol. The summed E-state index contributed by atoms with van der Waals surface area (Å²) in [5.41, 5.74) is 6.07. The van der Waals surface area contributed by atoms with Gasteiger partial charge in [0.2, 0.25) is 0 Å². The van der Waals surface area contributed by atoms with Crippen molar-refractivity contribution in [2.24, 2.45) is 34.3 Å². The summed E-state index contributed by atoms with van der Waals surface area (Å²) in [5, 5.41) is 11.1. The summed E-state index contributed by atoms with van der Waals surface area (Å²) in [4.78, 5) is 0. The summed E-state index contributed by atoms with van der Waals surface area (Å²) in [6.07, 6.45) is 6.65. The van der Waals surface area contributed by atoms with E-state index in [0.717, 1.165) is 31.6 Å². The molecule has 2 fully saturated rings. The number of nitrogens with two attached hydrogens (primary N) is 1. The minimum Gasteiger partial charge on any atom is -0.389 e. The first-order chi connectivity index (χ1) is 9.13. The normalized spacial score (nSPS) is 42.6. The number of aliphatic hydroxyl groups is 1. The molecule has 0 bridgehead atoms. The molecule has 0 unspecified atom stereocenters. The van der Waals surface area contributed by atoms with E-state index < -0.39 is 5.60 Å². The predicted molar refractivity (Wildman–Crippen MR) is 85.4 cm³/mol. The van der Waals surface area contributed by atoms with Crippen LogP contribution in [0.25, 0.3) is 0 Å². The highest BCUT2D eigenvalue weighted by atomic mass is 16.3. The molecular weight excluding hydrogens is 246 g/mol. The fourth-order valence-corrected chi connectivity index (χ4v) is 4.61. The maximum Gasteiger partial charge on any atom is 0.0721 e. The van der Waals surface area contributed by atoms with Gasteiger partial charge >= 0.3 is 0 Å². The minimum atomic E-state index is -0.473. The van der Waals surface area contributed by atoms with Gasteiger partial charge in [-0.2, -0.15) is 0 Å². The Labute approximate surface area is 125 Å². The lowest BCUT2D eigenvalue weighted by atomic mass is 9.49. The summed E-state index contributed by atoms with van der Waals surface area (Å²) in [6, 6.07) is 0. The minimum absolute atomic E-state index is 0.000139. The SMILES string of the molecule is CC(C)C1CC(O)(C2(CN)CCC(C(C)(C)C)CC2)C1. The highest BCUT2D eigenvalue weighted by Gasteiger charge is 2.58. The lowest BCUT2D eigenvalue weighted by molar-refractivity contribution is -0.189. The summed E-state index contributed by atoms with van der Waals surface area (Å²) < 4.78 is 0. The molecule has 0 atom stereocenters. The van der Waals surface area contributed by atoms with Gasteiger partial charge in [0.15, 0.2) is 0 Å². The van der Waals surface area contributed by atoms with Crippen LogP contribution in [0.2, 0.25) is 0 Å². The zero-order valence-electron chi connectivity index (χ0n) is 14.2. The first-order valence-corrected chi connectivity index (χ1v) is 8.56. The van der Waals surface area contributed by atoms with Crippen molar-refractivity contribution in [3.63, 3.8) is 0 Å². The van der Waals surface area contributed by atoms with Crippen LogP contribution in [0.5, 0.6) is 0 Å². The van der Waals surface area contributed by atoms with Gasteiger partial charge < -0.3 is 10.8 Å². The smallest absolute Gasteiger partial charge is 0.0721 e. The van der Waals surface area contributed by atoms with Crippen LogP contribution in [0.4, 0.5) is 0 Å². The van der Waals surface area contributed by atoms with Gasteiger partial charge in [-0.15, -0.1) is 0 Å². The first-order valence-electron chi connectivity index (χ1n) is 8.56. The fraction of sp³-hybridized carbons (Fsp3) is 1.00. The molecule has 2 rings (SSSR count). The third-order valence-electron chi connectivity index (χ3n) is 6.69. The highest BCUT2D eigenvalue weighted by Crippen LogP contribution is 2.58. The molecule has 0 radical (unpaired) electrons. The molecule has 2 saturated carbocycles. The summed E-state index contributed by atoms with van der Waals surface area (Å²) in [6.45, 7) is 12.2. The Balaban J connectivity index is 2.03. The van der Waals surface area contributed by atoms with Gasteiger partial charge in [-0.1, -0.05) is 34.6 Å². The van der Waals surface area contributed by atoms with E-state index in [4.69, 9.17) is 5.73 Å². The van der Waals surface area contributed by atoms with Gasteiger partial charge in [0.05, 0.1) is 5.60 Å². The molecule has 0 aromatic rings. The van der Waals surface area contributed by atoms with Crippen molar-refractivity contribution in [1.82, 2.24) is 0 Å². The van der Waals surface area contributed by atoms with E-state index in [9.17, 15) is 5.11 Å². The Bertz CT molecular complexity index is 328. The third-order valence-corrected chi connectivity index (χ3v) is 6.69. The van der Waals surface area contributed by atoms with E-state index in [0.29, 0.717) is 23.8 Å². The van der Waals surface area contributed by atoms with Crippen molar-refractivity contribution < 1.29 is 5.11 Å². The van der Waals surface area contributed by atoms with Gasteiger partial charge in [-0.3, -0.25) is 0 Å². The molecule has 118 valence electrons. The molecular formula is C18H35NO. The van der Waals surface area contributed by atoms with E-state index >= 15 is 0 Å². The van der Waals surface area contributed by atoms with E-state index in [1.54, 1.807) is 0 Å². The van der Waals surface area contributed by atoms with Crippen LogP contribution in [-0.2, 0) is 0 Å². The van der Waals surface area contributed by atoms with Crippen LogP contribution >= 0.6 is 0 Å². The van der Waals surface area contributed by atoms with Crippen molar-refractivity contribution in [2.75, 3.05) is 6.54 Å². The lowest BCUT2D eigenvalue weighted by Gasteiger charge is -2.59. The maximum atomic E-state index is 11.1. The first kappa shape index (κ1) is 16.3. The molecule has 0 saturated heterocycles. The Morgan fingerprint density at radius 3 is 2.00 bits per heavy atom. The Kier molecular flexibility index (Phi) is 4.30. The molecule has 0 aliphatic heterocycles. The Morgan fingerprint density at radius 2 is 1.65 bits per heavy atom. The van der Waals surface area contributed by atoms with E-state index in [1.165, 1.54) is 12.8 Å². The van der Waals surface area contributed by atoms with Gasteiger partial charge in [0.25, 0.3) is 0 Å². The van der Waals surface area contributed by atoms with Crippen LogP contribution in [0.3, 0.4) is 0 Å². The quantitative estimate of drug-likeness (QED) is 0.822. The second kappa shape index (κ2) is 5.28. The summed E-state index contributed by atoms with van der Waals surface area (Å²) in [5.74, 6) is 2.17. The van der Waals surface area contributed by atoms with Crippen LogP contribution in [0.15, 0.2) is 0 Å². The maximum absolute atomic E-state index is 11.1. The summed E-state index contributed by atoms with van der Waals surface area (Å²) >= 11 is 0. The molecule has 2 nitrogen and oxygen atoms in total. The Hall–Kier alpha value is -0.0800. The summed E-state index contributed by atoms with van der Waals surface area (Å²) in [7, 11) is 0. The lowest BCUT2D eigenvalue weighted by Crippen LogP contribution is -2.62. The van der Waals surface area contributed by atoms with Crippen LogP contribution in [0.1, 0.15) is 73.1 Å². The molecule has 2 aliphatic rings. The second-order valence-corrected chi connectivity index (χ2v) is 9.07. The molecule has 3 N–H and O–H groups in total. The zero-order chi connectivity index (χ0) is 15.2. The standard InChI is InChI=1S/C18H35NO/c1-13(2)14-10-18(20,11-14)17(12-19)8-6-15(7-9-17)16(3,4)5/h13-15,20H,6-12,19H2,1-5H3. The molecule has 0 aromatic heterocycles. The fourth-order valence-electron chi connectivity index (χ4n) is 4.61. The van der Waals surface area contributed by atoms with Crippen LogP contribution in [-0.4, -0.2) is 17.3 Å². The molecule has 0 aromatic carbocycles. The highest BCUT2D eigenvalue weighted by molar-refractivity contribution is 5.09. The van der Waals surface area contributed by atoms with Crippen molar-refractivity contribution in [3.8, 4) is 0 Å². The zero-order valence-corrected chi connectivity index (χ0v) is 14.2. The molecule has 0 heterocycles. The van der Waals surface area contributed by atoms with Gasteiger partial charge in [-0.05, 0) is 61.7 Å². The Morgan fingerprint density at radius 1 is 1.15 bits per heavy atom. The topological polar surface area (TPSA) is 46.2 Å². The van der Waals surface area contributed by atoms with Gasteiger partial charge in [-0.25, -0.2) is 0 Å². The largest absolute Gasteiger partial charge is 0.389 e. The average molecular weight is 281 g/mol. The molecule has 0 amide bonds. The van der Waals surface area contributed by atoms with Gasteiger partial charge in [0, 0.05) is 12.0 Å². The van der Waals surface area contributed by atoms with Crippen molar-refractivity contribution in [2.45, 2.75) is 78.7 Å². The second-order valence-electron chi connectivity index (χ2n) is 9.07. The van der Waals surface area contributed by atoms with E-state index in [2.05, 4.69) is 34.6 Å². The molecule has 0 spiro atoms. The third kappa shape index (κ3) is 2.66. The molecule has 20 heavy (non-hydrogen) atoms. The number of hydrogen-bond donors (Lipinski definition) is 2. The van der Waals surface area contributed by atoms with E-state index in [1.807, 2.05) is 0 Å². The molecule has 2 aliphatic carbocycles. The number of rotatable bonds is 3.